The lowest BCUT2D eigenvalue weighted by molar-refractivity contribution is 0.183. The first-order chi connectivity index (χ1) is 8.37. The summed E-state index contributed by atoms with van der Waals surface area (Å²) in [4.78, 5) is 0. The highest BCUT2D eigenvalue weighted by Crippen LogP contribution is 2.16. The maximum atomic E-state index is 9.83. The van der Waals surface area contributed by atoms with Gasteiger partial charge >= 0.3 is 0 Å². The molecule has 0 heterocycles. The minimum atomic E-state index is -0.304. The van der Waals surface area contributed by atoms with Crippen molar-refractivity contribution in [3.8, 4) is 0 Å². The van der Waals surface area contributed by atoms with Crippen molar-refractivity contribution in [1.82, 2.24) is 5.32 Å². The number of rotatable bonds is 6. The molecule has 4 heteroatoms. The first kappa shape index (κ1) is 15.8. The van der Waals surface area contributed by atoms with Crippen LogP contribution in [0.5, 0.6) is 0 Å². The average molecular weight is 288 g/mol. The Labute approximate surface area is 119 Å². The molecule has 1 atom stereocenters. The molecule has 0 aliphatic heterocycles. The van der Waals surface area contributed by atoms with Crippen LogP contribution < -0.4 is 5.32 Å². The molecule has 2 N–H and O–H groups in total. The molecule has 2 nitrogen and oxygen atoms in total. The first-order valence-corrected chi connectivity index (χ1v) is 7.65. The minimum Gasteiger partial charge on any atom is -0.391 e. The zero-order valence-corrected chi connectivity index (χ0v) is 12.8. The average Bonchev–Trinajstić information content (AvgIpc) is 2.28. The van der Waals surface area contributed by atoms with Gasteiger partial charge in [0.25, 0.3) is 0 Å². The fourth-order valence-electron chi connectivity index (χ4n) is 1.38. The van der Waals surface area contributed by atoms with Crippen LogP contribution in [0.15, 0.2) is 24.3 Å². The first-order valence-electron chi connectivity index (χ1n) is 6.12. The summed E-state index contributed by atoms with van der Waals surface area (Å²) in [6, 6.07) is 7.84. The van der Waals surface area contributed by atoms with Crippen molar-refractivity contribution < 1.29 is 5.11 Å². The third-order valence-corrected chi connectivity index (χ3v) is 3.77. The van der Waals surface area contributed by atoms with Crippen molar-refractivity contribution in [1.29, 1.82) is 0 Å². The van der Waals surface area contributed by atoms with E-state index < -0.39 is 0 Å². The molecule has 0 fully saturated rings. The number of halogens is 1. The summed E-state index contributed by atoms with van der Waals surface area (Å²) in [5.74, 6) is 1.65. The number of thioether (sulfide) groups is 1. The molecular weight excluding hydrogens is 266 g/mol. The van der Waals surface area contributed by atoms with Gasteiger partial charge in [-0.2, -0.15) is 11.8 Å². The van der Waals surface area contributed by atoms with Gasteiger partial charge in [0.15, 0.2) is 0 Å². The molecule has 18 heavy (non-hydrogen) atoms. The fraction of sp³-hybridized carbons (Fsp3) is 0.571. The van der Waals surface area contributed by atoms with E-state index in [9.17, 15) is 5.11 Å². The van der Waals surface area contributed by atoms with Crippen LogP contribution >= 0.6 is 23.4 Å². The molecule has 1 rings (SSSR count). The molecule has 0 radical (unpaired) electrons. The zero-order valence-electron chi connectivity index (χ0n) is 11.2. The summed E-state index contributed by atoms with van der Waals surface area (Å²) in [7, 11) is 0. The highest BCUT2D eigenvalue weighted by Gasteiger charge is 2.11. The molecule has 1 aromatic carbocycles. The van der Waals surface area contributed by atoms with E-state index in [0.717, 1.165) is 16.5 Å². The minimum absolute atomic E-state index is 0.0574. The number of nitrogens with one attached hydrogen (secondary N) is 1. The van der Waals surface area contributed by atoms with E-state index in [1.165, 1.54) is 5.56 Å². The van der Waals surface area contributed by atoms with Gasteiger partial charge in [-0.1, -0.05) is 23.7 Å². The summed E-state index contributed by atoms with van der Waals surface area (Å²) in [6.07, 6.45) is -0.304. The highest BCUT2D eigenvalue weighted by atomic mass is 35.5. The van der Waals surface area contributed by atoms with E-state index in [0.29, 0.717) is 6.54 Å². The van der Waals surface area contributed by atoms with Crippen molar-refractivity contribution in [3.63, 3.8) is 0 Å². The predicted octanol–water partition coefficient (Wildman–Crippen LogP) is 3.32. The zero-order chi connectivity index (χ0) is 13.6. The second-order valence-corrected chi connectivity index (χ2v) is 6.89. The highest BCUT2D eigenvalue weighted by molar-refractivity contribution is 7.98. The van der Waals surface area contributed by atoms with Crippen LogP contribution in [-0.2, 0) is 5.75 Å². The number of aliphatic hydroxyl groups excluding tert-OH is 1. The van der Waals surface area contributed by atoms with Crippen LogP contribution in [0.3, 0.4) is 0 Å². The Hall–Kier alpha value is -0.220. The molecule has 0 saturated carbocycles. The van der Waals surface area contributed by atoms with Gasteiger partial charge in [-0.05, 0) is 38.5 Å². The second-order valence-electron chi connectivity index (χ2n) is 5.43. The van der Waals surface area contributed by atoms with E-state index in [4.69, 9.17) is 11.6 Å². The molecule has 0 amide bonds. The van der Waals surface area contributed by atoms with Crippen LogP contribution in [0.1, 0.15) is 26.3 Å². The van der Waals surface area contributed by atoms with Crippen molar-refractivity contribution in [2.24, 2.45) is 0 Å². The maximum Gasteiger partial charge on any atom is 0.0755 e. The van der Waals surface area contributed by atoms with Gasteiger partial charge in [0.1, 0.15) is 0 Å². The van der Waals surface area contributed by atoms with Crippen molar-refractivity contribution >= 4 is 23.4 Å². The SMILES string of the molecule is CC(C)(C)NCC(O)CSCc1ccc(Cl)cc1. The molecule has 0 spiro atoms. The number of hydrogen-bond donors (Lipinski definition) is 2. The lowest BCUT2D eigenvalue weighted by Gasteiger charge is -2.22. The largest absolute Gasteiger partial charge is 0.391 e. The maximum absolute atomic E-state index is 9.83. The molecule has 0 aliphatic carbocycles. The molecule has 1 unspecified atom stereocenters. The number of benzene rings is 1. The van der Waals surface area contributed by atoms with Crippen LogP contribution in [-0.4, -0.2) is 29.0 Å². The van der Waals surface area contributed by atoms with Crippen LogP contribution in [0.25, 0.3) is 0 Å². The summed E-state index contributed by atoms with van der Waals surface area (Å²) in [5.41, 5.74) is 1.29. The monoisotopic (exact) mass is 287 g/mol. The lowest BCUT2D eigenvalue weighted by atomic mass is 10.1. The Balaban J connectivity index is 2.19. The smallest absolute Gasteiger partial charge is 0.0755 e. The van der Waals surface area contributed by atoms with Gasteiger partial charge in [-0.15, -0.1) is 0 Å². The Morgan fingerprint density at radius 3 is 2.44 bits per heavy atom. The van der Waals surface area contributed by atoms with Crippen LogP contribution in [0.4, 0.5) is 0 Å². The van der Waals surface area contributed by atoms with E-state index in [1.807, 2.05) is 24.3 Å². The Morgan fingerprint density at radius 2 is 1.89 bits per heavy atom. The van der Waals surface area contributed by atoms with Crippen molar-refractivity contribution in [2.75, 3.05) is 12.3 Å². The molecule has 0 aliphatic rings. The van der Waals surface area contributed by atoms with E-state index in [1.54, 1.807) is 11.8 Å². The van der Waals surface area contributed by atoms with E-state index in [2.05, 4.69) is 26.1 Å². The molecule has 0 aromatic heterocycles. The standard InChI is InChI=1S/C14H22ClNOS/c1-14(2,3)16-8-13(17)10-18-9-11-4-6-12(15)7-5-11/h4-7,13,16-17H,8-10H2,1-3H3. The fourth-order valence-corrected chi connectivity index (χ4v) is 2.44. The van der Waals surface area contributed by atoms with Crippen molar-refractivity contribution in [3.05, 3.63) is 34.9 Å². The summed E-state index contributed by atoms with van der Waals surface area (Å²) in [5, 5.41) is 13.9. The van der Waals surface area contributed by atoms with Crippen molar-refractivity contribution in [2.45, 2.75) is 38.2 Å². The molecule has 102 valence electrons. The third kappa shape index (κ3) is 7.27. The number of hydrogen-bond acceptors (Lipinski definition) is 3. The van der Waals surface area contributed by atoms with E-state index in [-0.39, 0.29) is 11.6 Å². The lowest BCUT2D eigenvalue weighted by Crippen LogP contribution is -2.41. The second kappa shape index (κ2) is 7.39. The Kier molecular flexibility index (Phi) is 6.50. The van der Waals surface area contributed by atoms with Gasteiger partial charge in [-0.3, -0.25) is 0 Å². The number of β-amino-alcohol motifs (C(OH)–C–C–N with tert-alkyl or cyclic N) is 1. The van der Waals surface area contributed by atoms with E-state index >= 15 is 0 Å². The summed E-state index contributed by atoms with van der Waals surface area (Å²) in [6.45, 7) is 6.93. The van der Waals surface area contributed by atoms with Gasteiger partial charge < -0.3 is 10.4 Å². The Bertz CT molecular complexity index is 348. The summed E-state index contributed by atoms with van der Waals surface area (Å²) >= 11 is 7.56. The molecule has 0 saturated heterocycles. The van der Waals surface area contributed by atoms with Gasteiger partial charge in [-0.25, -0.2) is 0 Å². The predicted molar refractivity (Wildman–Crippen MR) is 81.4 cm³/mol. The summed E-state index contributed by atoms with van der Waals surface area (Å²) < 4.78 is 0. The van der Waals surface area contributed by atoms with Crippen LogP contribution in [0.2, 0.25) is 5.02 Å². The molecule has 0 bridgehead atoms. The Morgan fingerprint density at radius 1 is 1.28 bits per heavy atom. The molecule has 1 aromatic rings. The van der Waals surface area contributed by atoms with Gasteiger partial charge in [0, 0.05) is 28.6 Å². The normalized spacial score (nSPS) is 13.6. The van der Waals surface area contributed by atoms with Gasteiger partial charge in [0.05, 0.1) is 6.10 Å². The molecular formula is C14H22ClNOS. The quantitative estimate of drug-likeness (QED) is 0.842. The third-order valence-electron chi connectivity index (χ3n) is 2.36. The topological polar surface area (TPSA) is 32.3 Å². The number of aliphatic hydroxyl groups is 1. The van der Waals surface area contributed by atoms with Gasteiger partial charge in [0.2, 0.25) is 0 Å². The van der Waals surface area contributed by atoms with Crippen LogP contribution in [0, 0.1) is 0 Å².